The first-order chi connectivity index (χ1) is 9.69. The fourth-order valence-electron chi connectivity index (χ4n) is 3.32. The molecule has 3 heteroatoms. The number of benzene rings is 1. The van der Waals surface area contributed by atoms with Crippen molar-refractivity contribution < 1.29 is 4.74 Å². The molecule has 1 heterocycles. The van der Waals surface area contributed by atoms with Crippen molar-refractivity contribution in [1.82, 2.24) is 4.90 Å². The van der Waals surface area contributed by atoms with E-state index in [4.69, 9.17) is 10.5 Å². The van der Waals surface area contributed by atoms with Gasteiger partial charge in [-0.2, -0.15) is 0 Å². The van der Waals surface area contributed by atoms with E-state index in [1.165, 1.54) is 12.0 Å². The molecule has 2 N–H and O–H groups in total. The molecule has 112 valence electrons. The normalized spacial score (nSPS) is 25.4. The lowest BCUT2D eigenvalue weighted by Crippen LogP contribution is -2.47. The number of nitrogens with two attached hydrogens (primary N) is 1. The lowest BCUT2D eigenvalue weighted by Gasteiger charge is -2.41. The molecule has 0 radical (unpaired) electrons. The summed E-state index contributed by atoms with van der Waals surface area (Å²) in [5.74, 6) is 1.56. The topological polar surface area (TPSA) is 38.5 Å². The third-order valence-electron chi connectivity index (χ3n) is 4.68. The zero-order valence-corrected chi connectivity index (χ0v) is 13.0. The van der Waals surface area contributed by atoms with Gasteiger partial charge in [0.15, 0.2) is 0 Å². The Labute approximate surface area is 123 Å². The number of rotatable bonds is 5. The zero-order chi connectivity index (χ0) is 14.5. The summed E-state index contributed by atoms with van der Waals surface area (Å²) in [7, 11) is 1.71. The van der Waals surface area contributed by atoms with Crippen molar-refractivity contribution in [3.8, 4) is 5.75 Å². The molecule has 3 nitrogen and oxygen atoms in total. The van der Waals surface area contributed by atoms with Crippen molar-refractivity contribution >= 4 is 0 Å². The van der Waals surface area contributed by atoms with Gasteiger partial charge in [0.05, 0.1) is 7.11 Å². The minimum atomic E-state index is 0.379. The van der Waals surface area contributed by atoms with Crippen LogP contribution in [-0.4, -0.2) is 31.1 Å². The second-order valence-electron chi connectivity index (χ2n) is 5.81. The average molecular weight is 276 g/mol. The van der Waals surface area contributed by atoms with Crippen molar-refractivity contribution in [2.75, 3.05) is 20.2 Å². The van der Waals surface area contributed by atoms with Gasteiger partial charge in [-0.15, -0.1) is 0 Å². The molecule has 1 aliphatic rings. The van der Waals surface area contributed by atoms with Crippen molar-refractivity contribution in [3.63, 3.8) is 0 Å². The average Bonchev–Trinajstić information content (AvgIpc) is 2.50. The lowest BCUT2D eigenvalue weighted by molar-refractivity contribution is 0.104. The summed E-state index contributed by atoms with van der Waals surface area (Å²) in [5, 5.41) is 0. The Morgan fingerprint density at radius 3 is 2.55 bits per heavy atom. The van der Waals surface area contributed by atoms with Gasteiger partial charge in [0, 0.05) is 25.2 Å². The molecule has 0 bridgehead atoms. The summed E-state index contributed by atoms with van der Waals surface area (Å²) in [6, 6.07) is 9.40. The maximum absolute atomic E-state index is 6.23. The van der Waals surface area contributed by atoms with Gasteiger partial charge < -0.3 is 10.5 Å². The molecule has 20 heavy (non-hydrogen) atoms. The lowest BCUT2D eigenvalue weighted by atomic mass is 9.88. The number of piperidine rings is 1. The maximum Gasteiger partial charge on any atom is 0.118 e. The Kier molecular flexibility index (Phi) is 5.44. The molecule has 3 unspecified atom stereocenters. The van der Waals surface area contributed by atoms with Crippen LogP contribution < -0.4 is 10.5 Å². The van der Waals surface area contributed by atoms with Gasteiger partial charge in [-0.05, 0) is 36.5 Å². The van der Waals surface area contributed by atoms with Crippen LogP contribution >= 0.6 is 0 Å². The fourth-order valence-corrected chi connectivity index (χ4v) is 3.32. The molecular weight excluding hydrogens is 248 g/mol. The monoisotopic (exact) mass is 276 g/mol. The second kappa shape index (κ2) is 7.09. The van der Waals surface area contributed by atoms with E-state index in [2.05, 4.69) is 43.0 Å². The first kappa shape index (κ1) is 15.3. The van der Waals surface area contributed by atoms with Crippen molar-refractivity contribution in [2.45, 2.75) is 45.2 Å². The zero-order valence-electron chi connectivity index (χ0n) is 13.0. The van der Waals surface area contributed by atoms with Crippen LogP contribution in [0.4, 0.5) is 0 Å². The largest absolute Gasteiger partial charge is 0.497 e. The van der Waals surface area contributed by atoms with E-state index in [0.29, 0.717) is 18.0 Å². The highest BCUT2D eigenvalue weighted by atomic mass is 16.5. The molecule has 1 saturated heterocycles. The maximum atomic E-state index is 6.23. The van der Waals surface area contributed by atoms with Crippen molar-refractivity contribution in [1.29, 1.82) is 0 Å². The number of nitrogens with zero attached hydrogens (tertiary/aromatic N) is 1. The summed E-state index contributed by atoms with van der Waals surface area (Å²) < 4.78 is 5.25. The predicted octanol–water partition coefficient (Wildman–Crippen LogP) is 3.21. The van der Waals surface area contributed by atoms with E-state index < -0.39 is 0 Å². The molecule has 2 rings (SSSR count). The number of likely N-dealkylation sites (tertiary alicyclic amines) is 1. The number of hydrogen-bond acceptors (Lipinski definition) is 3. The number of methoxy groups -OCH3 is 1. The summed E-state index contributed by atoms with van der Waals surface area (Å²) in [4.78, 5) is 2.61. The van der Waals surface area contributed by atoms with Crippen LogP contribution in [0.1, 0.15) is 44.7 Å². The van der Waals surface area contributed by atoms with E-state index in [9.17, 15) is 0 Å². The minimum Gasteiger partial charge on any atom is -0.497 e. The quantitative estimate of drug-likeness (QED) is 0.897. The molecular formula is C17H28N2O. The van der Waals surface area contributed by atoms with Crippen LogP contribution in [0, 0.1) is 5.92 Å². The van der Waals surface area contributed by atoms with E-state index in [0.717, 1.165) is 31.7 Å². The van der Waals surface area contributed by atoms with Crippen LogP contribution in [0.25, 0.3) is 0 Å². The highest BCUT2D eigenvalue weighted by Crippen LogP contribution is 2.30. The third-order valence-corrected chi connectivity index (χ3v) is 4.68. The molecule has 1 fully saturated rings. The highest BCUT2D eigenvalue weighted by molar-refractivity contribution is 5.29. The molecule has 0 spiro atoms. The summed E-state index contributed by atoms with van der Waals surface area (Å²) in [5.41, 5.74) is 7.61. The van der Waals surface area contributed by atoms with Gasteiger partial charge >= 0.3 is 0 Å². The van der Waals surface area contributed by atoms with Crippen LogP contribution in [0.5, 0.6) is 5.75 Å². The van der Waals surface area contributed by atoms with Gasteiger partial charge in [0.25, 0.3) is 0 Å². The number of hydrogen-bond donors (Lipinski definition) is 1. The standard InChI is InChI=1S/C17H28N2O/c1-4-13-12-19(11-10-16(13)18)17(5-2)14-6-8-15(20-3)9-7-14/h6-9,13,16-17H,4-5,10-12,18H2,1-3H3. The Morgan fingerprint density at radius 1 is 1.30 bits per heavy atom. The first-order valence-corrected chi connectivity index (χ1v) is 7.83. The van der Waals surface area contributed by atoms with Gasteiger partial charge in [-0.3, -0.25) is 4.90 Å². The molecule has 3 atom stereocenters. The molecule has 0 amide bonds. The first-order valence-electron chi connectivity index (χ1n) is 7.83. The Balaban J connectivity index is 2.10. The van der Waals surface area contributed by atoms with E-state index in [1.807, 2.05) is 0 Å². The fraction of sp³-hybridized carbons (Fsp3) is 0.647. The van der Waals surface area contributed by atoms with E-state index in [-0.39, 0.29) is 0 Å². The van der Waals surface area contributed by atoms with Crippen molar-refractivity contribution in [2.24, 2.45) is 11.7 Å². The smallest absolute Gasteiger partial charge is 0.118 e. The minimum absolute atomic E-state index is 0.379. The Bertz CT molecular complexity index is 404. The van der Waals surface area contributed by atoms with Crippen molar-refractivity contribution in [3.05, 3.63) is 29.8 Å². The predicted molar refractivity (Wildman–Crippen MR) is 84.0 cm³/mol. The van der Waals surface area contributed by atoms with Gasteiger partial charge in [0.1, 0.15) is 5.75 Å². The molecule has 1 aliphatic heterocycles. The van der Waals surface area contributed by atoms with E-state index in [1.54, 1.807) is 7.11 Å². The molecule has 0 saturated carbocycles. The van der Waals surface area contributed by atoms with Crippen LogP contribution in [0.3, 0.4) is 0 Å². The van der Waals surface area contributed by atoms with Crippen LogP contribution in [-0.2, 0) is 0 Å². The second-order valence-corrected chi connectivity index (χ2v) is 5.81. The third kappa shape index (κ3) is 3.33. The van der Waals surface area contributed by atoms with Crippen LogP contribution in [0.2, 0.25) is 0 Å². The van der Waals surface area contributed by atoms with Gasteiger partial charge in [0.2, 0.25) is 0 Å². The number of ether oxygens (including phenoxy) is 1. The Hall–Kier alpha value is -1.06. The molecule has 0 aromatic heterocycles. The summed E-state index contributed by atoms with van der Waals surface area (Å²) in [6.45, 7) is 6.76. The summed E-state index contributed by atoms with van der Waals surface area (Å²) >= 11 is 0. The molecule has 0 aliphatic carbocycles. The van der Waals surface area contributed by atoms with Crippen LogP contribution in [0.15, 0.2) is 24.3 Å². The van der Waals surface area contributed by atoms with Gasteiger partial charge in [-0.1, -0.05) is 32.4 Å². The summed E-state index contributed by atoms with van der Waals surface area (Å²) in [6.07, 6.45) is 3.43. The van der Waals surface area contributed by atoms with E-state index >= 15 is 0 Å². The SMILES string of the molecule is CCC1CN(C(CC)c2ccc(OC)cc2)CCC1N. The van der Waals surface area contributed by atoms with Gasteiger partial charge in [-0.25, -0.2) is 0 Å². The Morgan fingerprint density at radius 2 is 2.00 bits per heavy atom. The molecule has 1 aromatic carbocycles. The molecule has 1 aromatic rings. The highest BCUT2D eigenvalue weighted by Gasteiger charge is 2.29.